The van der Waals surface area contributed by atoms with Crippen LogP contribution in [0.5, 0.6) is 5.75 Å². The largest absolute Gasteiger partial charge is 0.494 e. The van der Waals surface area contributed by atoms with Crippen molar-refractivity contribution in [3.8, 4) is 5.75 Å². The van der Waals surface area contributed by atoms with Crippen molar-refractivity contribution in [2.24, 2.45) is 0 Å². The average molecular weight is 340 g/mol. The number of ether oxygens (including phenoxy) is 1. The predicted octanol–water partition coefficient (Wildman–Crippen LogP) is 3.87. The van der Waals surface area contributed by atoms with Crippen molar-refractivity contribution < 1.29 is 14.3 Å². The summed E-state index contributed by atoms with van der Waals surface area (Å²) in [5.41, 5.74) is 1.43. The zero-order chi connectivity index (χ0) is 18.4. The van der Waals surface area contributed by atoms with Crippen molar-refractivity contribution in [2.75, 3.05) is 11.9 Å². The molecule has 0 bridgehead atoms. The van der Waals surface area contributed by atoms with E-state index in [1.165, 1.54) is 0 Å². The van der Waals surface area contributed by atoms with Gasteiger partial charge in [0.2, 0.25) is 0 Å². The molecule has 0 aromatic heterocycles. The second-order valence-corrected chi connectivity index (χ2v) is 6.69. The number of benzene rings is 2. The smallest absolute Gasteiger partial charge is 0.255 e. The molecule has 132 valence electrons. The Morgan fingerprint density at radius 1 is 0.880 bits per heavy atom. The number of nitrogens with one attached hydrogen (secondary N) is 2. The molecule has 5 nitrogen and oxygen atoms in total. The van der Waals surface area contributed by atoms with Gasteiger partial charge in [-0.05, 0) is 76.2 Å². The quantitative estimate of drug-likeness (QED) is 0.868. The summed E-state index contributed by atoms with van der Waals surface area (Å²) in [6, 6.07) is 13.8. The summed E-state index contributed by atoms with van der Waals surface area (Å²) in [5.74, 6) is 0.375. The Hall–Kier alpha value is -2.82. The van der Waals surface area contributed by atoms with Crippen LogP contribution in [-0.2, 0) is 0 Å². The normalized spacial score (nSPS) is 10.9. The molecule has 0 heterocycles. The lowest BCUT2D eigenvalue weighted by Crippen LogP contribution is -2.40. The molecule has 0 saturated heterocycles. The topological polar surface area (TPSA) is 67.4 Å². The monoisotopic (exact) mass is 340 g/mol. The van der Waals surface area contributed by atoms with E-state index in [1.807, 2.05) is 27.7 Å². The van der Waals surface area contributed by atoms with Gasteiger partial charge in [0.15, 0.2) is 0 Å². The fraction of sp³-hybridized carbons (Fsp3) is 0.300. The highest BCUT2D eigenvalue weighted by Gasteiger charge is 2.15. The van der Waals surface area contributed by atoms with Gasteiger partial charge < -0.3 is 15.4 Å². The van der Waals surface area contributed by atoms with E-state index in [0.29, 0.717) is 23.4 Å². The lowest BCUT2D eigenvalue weighted by atomic mass is 10.1. The molecule has 2 amide bonds. The second-order valence-electron chi connectivity index (χ2n) is 6.69. The average Bonchev–Trinajstić information content (AvgIpc) is 2.55. The minimum Gasteiger partial charge on any atom is -0.494 e. The van der Waals surface area contributed by atoms with Gasteiger partial charge in [-0.2, -0.15) is 0 Å². The molecule has 2 rings (SSSR count). The maximum absolute atomic E-state index is 12.3. The van der Waals surface area contributed by atoms with Crippen molar-refractivity contribution in [1.82, 2.24) is 5.32 Å². The molecule has 0 spiro atoms. The lowest BCUT2D eigenvalue weighted by molar-refractivity contribution is 0.0919. The summed E-state index contributed by atoms with van der Waals surface area (Å²) >= 11 is 0. The summed E-state index contributed by atoms with van der Waals surface area (Å²) in [5, 5.41) is 5.71. The van der Waals surface area contributed by atoms with Crippen molar-refractivity contribution in [3.05, 3.63) is 59.7 Å². The fourth-order valence-electron chi connectivity index (χ4n) is 2.19. The molecule has 0 aliphatic heterocycles. The molecule has 25 heavy (non-hydrogen) atoms. The first-order chi connectivity index (χ1) is 11.8. The Morgan fingerprint density at radius 2 is 1.40 bits per heavy atom. The van der Waals surface area contributed by atoms with Crippen LogP contribution in [0.1, 0.15) is 48.4 Å². The van der Waals surface area contributed by atoms with Crippen molar-refractivity contribution >= 4 is 17.5 Å². The summed E-state index contributed by atoms with van der Waals surface area (Å²) in [7, 11) is 0. The summed E-state index contributed by atoms with van der Waals surface area (Å²) in [6.45, 7) is 8.27. The van der Waals surface area contributed by atoms with E-state index in [4.69, 9.17) is 4.74 Å². The number of carbonyl (C=O) groups is 2. The van der Waals surface area contributed by atoms with E-state index in [1.54, 1.807) is 48.5 Å². The van der Waals surface area contributed by atoms with E-state index in [9.17, 15) is 9.59 Å². The zero-order valence-corrected chi connectivity index (χ0v) is 15.1. The molecule has 0 aliphatic carbocycles. The molecular formula is C20H24N2O3. The van der Waals surface area contributed by atoms with Crippen LogP contribution in [-0.4, -0.2) is 24.0 Å². The number of anilines is 1. The lowest BCUT2D eigenvalue weighted by Gasteiger charge is -2.20. The van der Waals surface area contributed by atoms with E-state index < -0.39 is 0 Å². The first-order valence-electron chi connectivity index (χ1n) is 8.25. The van der Waals surface area contributed by atoms with Gasteiger partial charge in [-0.25, -0.2) is 0 Å². The van der Waals surface area contributed by atoms with Crippen LogP contribution < -0.4 is 15.4 Å². The fourth-order valence-corrected chi connectivity index (χ4v) is 2.19. The maximum atomic E-state index is 12.3. The SMILES string of the molecule is CCOc1ccc(C(=O)Nc2ccc(C(=O)NC(C)(C)C)cc2)cc1. The molecule has 0 fully saturated rings. The van der Waals surface area contributed by atoms with Gasteiger partial charge in [-0.15, -0.1) is 0 Å². The number of hydrogen-bond acceptors (Lipinski definition) is 3. The maximum Gasteiger partial charge on any atom is 0.255 e. The summed E-state index contributed by atoms with van der Waals surface area (Å²) in [6.07, 6.45) is 0. The Balaban J connectivity index is 2.00. The van der Waals surface area contributed by atoms with Crippen LogP contribution in [0.4, 0.5) is 5.69 Å². The first kappa shape index (κ1) is 18.5. The standard InChI is InChI=1S/C20H24N2O3/c1-5-25-17-12-8-14(9-13-17)18(23)21-16-10-6-15(7-11-16)19(24)22-20(2,3)4/h6-13H,5H2,1-4H3,(H,21,23)(H,22,24). The molecule has 5 heteroatoms. The molecule has 0 atom stereocenters. The first-order valence-corrected chi connectivity index (χ1v) is 8.25. The van der Waals surface area contributed by atoms with Crippen LogP contribution in [0.3, 0.4) is 0 Å². The summed E-state index contributed by atoms with van der Waals surface area (Å²) in [4.78, 5) is 24.3. The van der Waals surface area contributed by atoms with E-state index >= 15 is 0 Å². The highest BCUT2D eigenvalue weighted by Crippen LogP contribution is 2.15. The van der Waals surface area contributed by atoms with Gasteiger partial charge in [0.1, 0.15) is 5.75 Å². The van der Waals surface area contributed by atoms with Gasteiger partial charge in [0.25, 0.3) is 11.8 Å². The Morgan fingerprint density at radius 3 is 1.92 bits per heavy atom. The van der Waals surface area contributed by atoms with Gasteiger partial charge >= 0.3 is 0 Å². The number of carbonyl (C=O) groups excluding carboxylic acids is 2. The van der Waals surface area contributed by atoms with Crippen molar-refractivity contribution in [2.45, 2.75) is 33.2 Å². The number of amides is 2. The second kappa shape index (κ2) is 7.83. The minimum atomic E-state index is -0.294. The van der Waals surface area contributed by atoms with E-state index in [-0.39, 0.29) is 17.4 Å². The van der Waals surface area contributed by atoms with Crippen LogP contribution in [0, 0.1) is 0 Å². The molecule has 2 aromatic carbocycles. The molecule has 0 saturated carbocycles. The highest BCUT2D eigenvalue weighted by atomic mass is 16.5. The van der Waals surface area contributed by atoms with E-state index in [2.05, 4.69) is 10.6 Å². The third kappa shape index (κ3) is 5.64. The molecule has 0 aliphatic rings. The van der Waals surface area contributed by atoms with Gasteiger partial charge in [0.05, 0.1) is 6.61 Å². The third-order valence-corrected chi connectivity index (χ3v) is 3.32. The summed E-state index contributed by atoms with van der Waals surface area (Å²) < 4.78 is 5.36. The predicted molar refractivity (Wildman–Crippen MR) is 99.2 cm³/mol. The van der Waals surface area contributed by atoms with Gasteiger partial charge in [0, 0.05) is 22.4 Å². The number of rotatable bonds is 5. The van der Waals surface area contributed by atoms with Gasteiger partial charge in [-0.1, -0.05) is 0 Å². The molecule has 0 radical (unpaired) electrons. The molecule has 2 N–H and O–H groups in total. The van der Waals surface area contributed by atoms with Crippen LogP contribution in [0.15, 0.2) is 48.5 Å². The zero-order valence-electron chi connectivity index (χ0n) is 15.1. The third-order valence-electron chi connectivity index (χ3n) is 3.32. The van der Waals surface area contributed by atoms with Crippen LogP contribution in [0.25, 0.3) is 0 Å². The van der Waals surface area contributed by atoms with E-state index in [0.717, 1.165) is 5.75 Å². The van der Waals surface area contributed by atoms with Gasteiger partial charge in [-0.3, -0.25) is 9.59 Å². The molecule has 2 aromatic rings. The molecular weight excluding hydrogens is 316 g/mol. The molecule has 0 unspecified atom stereocenters. The van der Waals surface area contributed by atoms with Crippen LogP contribution >= 0.6 is 0 Å². The Bertz CT molecular complexity index is 729. The number of hydrogen-bond donors (Lipinski definition) is 2. The van der Waals surface area contributed by atoms with Crippen LogP contribution in [0.2, 0.25) is 0 Å². The highest BCUT2D eigenvalue weighted by molar-refractivity contribution is 6.04. The minimum absolute atomic E-state index is 0.142. The Kier molecular flexibility index (Phi) is 5.80. The Labute approximate surface area is 148 Å². The van der Waals surface area contributed by atoms with Crippen molar-refractivity contribution in [1.29, 1.82) is 0 Å². The van der Waals surface area contributed by atoms with Crippen molar-refractivity contribution in [3.63, 3.8) is 0 Å².